The van der Waals surface area contributed by atoms with Crippen molar-refractivity contribution in [3.63, 3.8) is 0 Å². The molecule has 0 aromatic heterocycles. The molecule has 2 rings (SSSR count). The first kappa shape index (κ1) is 12.9. The van der Waals surface area contributed by atoms with E-state index in [2.05, 4.69) is 42.1 Å². The zero-order chi connectivity index (χ0) is 12.6. The zero-order valence-electron chi connectivity index (χ0n) is 10.7. The summed E-state index contributed by atoms with van der Waals surface area (Å²) in [6.45, 7) is 0.200. The minimum absolute atomic E-state index is 0.200. The first-order valence-corrected chi connectivity index (χ1v) is 6.71. The lowest BCUT2D eigenvalue weighted by Gasteiger charge is -2.18. The quantitative estimate of drug-likeness (QED) is 0.785. The van der Waals surface area contributed by atoms with Crippen LogP contribution in [0.25, 0.3) is 5.57 Å². The highest BCUT2D eigenvalue weighted by Gasteiger charge is 2.11. The number of benzene rings is 1. The molecule has 0 bridgehead atoms. The molecule has 0 fully saturated rings. The highest BCUT2D eigenvalue weighted by atomic mass is 16.2. The van der Waals surface area contributed by atoms with Crippen molar-refractivity contribution >= 4 is 5.57 Å². The maximum atomic E-state index is 8.74. The number of aliphatic hydroxyl groups is 1. The molecule has 1 N–H and O–H groups in total. The summed E-state index contributed by atoms with van der Waals surface area (Å²) in [6.07, 6.45) is 9.54. The second-order valence-corrected chi connectivity index (χ2v) is 4.60. The van der Waals surface area contributed by atoms with Crippen LogP contribution in [-0.2, 0) is 0 Å². The number of hydrogen-bond donors (Lipinski definition) is 1. The highest BCUT2D eigenvalue weighted by Crippen LogP contribution is 2.32. The molecule has 1 aliphatic rings. The Kier molecular flexibility index (Phi) is 5.01. The monoisotopic (exact) mass is 240 g/mol. The van der Waals surface area contributed by atoms with Crippen molar-refractivity contribution < 1.29 is 5.11 Å². The van der Waals surface area contributed by atoms with Crippen LogP contribution in [0.15, 0.2) is 53.8 Å². The van der Waals surface area contributed by atoms with Crippen molar-refractivity contribution in [2.75, 3.05) is 6.61 Å². The normalized spacial score (nSPS) is 15.2. The summed E-state index contributed by atoms with van der Waals surface area (Å²) in [5.74, 6) is 0. The van der Waals surface area contributed by atoms with Crippen LogP contribution in [0.1, 0.15) is 37.7 Å². The predicted molar refractivity (Wildman–Crippen MR) is 76.2 cm³/mol. The topological polar surface area (TPSA) is 20.2 Å². The van der Waals surface area contributed by atoms with E-state index in [-0.39, 0.29) is 6.61 Å². The summed E-state index contributed by atoms with van der Waals surface area (Å²) in [7, 11) is 0. The van der Waals surface area contributed by atoms with Gasteiger partial charge in [-0.2, -0.15) is 0 Å². The molecule has 0 spiro atoms. The Morgan fingerprint density at radius 2 is 1.89 bits per heavy atom. The number of aliphatic hydroxyl groups excluding tert-OH is 1. The standard InChI is InChI=1S/C17H20O/c18-14-8-2-5-11-16-12-6-7-13-17(16)15-9-3-1-4-10-15/h1-4,9-11,18H,6-8,12-14H2. The van der Waals surface area contributed by atoms with E-state index in [0.29, 0.717) is 6.42 Å². The maximum Gasteiger partial charge on any atom is 0.0471 e. The maximum absolute atomic E-state index is 8.74. The third-order valence-electron chi connectivity index (χ3n) is 3.28. The van der Waals surface area contributed by atoms with Crippen LogP contribution in [-0.4, -0.2) is 11.7 Å². The summed E-state index contributed by atoms with van der Waals surface area (Å²) < 4.78 is 0. The van der Waals surface area contributed by atoms with Gasteiger partial charge in [0.2, 0.25) is 0 Å². The lowest BCUT2D eigenvalue weighted by atomic mass is 9.87. The van der Waals surface area contributed by atoms with E-state index in [1.54, 1.807) is 0 Å². The van der Waals surface area contributed by atoms with Gasteiger partial charge in [-0.1, -0.05) is 30.3 Å². The molecule has 94 valence electrons. The van der Waals surface area contributed by atoms with E-state index in [1.165, 1.54) is 29.6 Å². The van der Waals surface area contributed by atoms with E-state index in [0.717, 1.165) is 12.8 Å². The number of hydrogen-bond acceptors (Lipinski definition) is 1. The van der Waals surface area contributed by atoms with E-state index in [4.69, 9.17) is 5.11 Å². The summed E-state index contributed by atoms with van der Waals surface area (Å²) in [6, 6.07) is 10.6. The summed E-state index contributed by atoms with van der Waals surface area (Å²) in [5.41, 5.74) is 7.40. The van der Waals surface area contributed by atoms with Gasteiger partial charge < -0.3 is 5.11 Å². The van der Waals surface area contributed by atoms with E-state index < -0.39 is 0 Å². The van der Waals surface area contributed by atoms with Crippen molar-refractivity contribution in [1.29, 1.82) is 0 Å². The molecule has 0 atom stereocenters. The van der Waals surface area contributed by atoms with Gasteiger partial charge in [0.05, 0.1) is 0 Å². The van der Waals surface area contributed by atoms with Crippen molar-refractivity contribution in [3.8, 4) is 0 Å². The Hall–Kier alpha value is -1.56. The third-order valence-corrected chi connectivity index (χ3v) is 3.28. The molecule has 0 unspecified atom stereocenters. The van der Waals surface area contributed by atoms with Crippen molar-refractivity contribution in [1.82, 2.24) is 0 Å². The highest BCUT2D eigenvalue weighted by molar-refractivity contribution is 5.71. The Balaban J connectivity index is 2.27. The van der Waals surface area contributed by atoms with Crippen LogP contribution in [0.5, 0.6) is 0 Å². The van der Waals surface area contributed by atoms with Gasteiger partial charge >= 0.3 is 0 Å². The van der Waals surface area contributed by atoms with Crippen molar-refractivity contribution in [2.45, 2.75) is 32.1 Å². The molecule has 1 aromatic carbocycles. The van der Waals surface area contributed by atoms with Crippen LogP contribution in [0.3, 0.4) is 0 Å². The van der Waals surface area contributed by atoms with Crippen LogP contribution in [0.2, 0.25) is 0 Å². The molecule has 18 heavy (non-hydrogen) atoms. The second kappa shape index (κ2) is 7.00. The van der Waals surface area contributed by atoms with Crippen LogP contribution in [0.4, 0.5) is 0 Å². The lowest BCUT2D eigenvalue weighted by molar-refractivity contribution is 0.302. The Bertz CT molecular complexity index is 462. The molecule has 0 saturated heterocycles. The largest absolute Gasteiger partial charge is 0.396 e. The number of rotatable bonds is 4. The first-order valence-electron chi connectivity index (χ1n) is 6.71. The van der Waals surface area contributed by atoms with Crippen LogP contribution < -0.4 is 0 Å². The van der Waals surface area contributed by atoms with Gasteiger partial charge in [-0.3, -0.25) is 0 Å². The van der Waals surface area contributed by atoms with E-state index in [1.807, 2.05) is 6.08 Å². The molecule has 1 heteroatoms. The second-order valence-electron chi connectivity index (χ2n) is 4.60. The third kappa shape index (κ3) is 3.46. The zero-order valence-corrected chi connectivity index (χ0v) is 10.7. The molecule has 0 radical (unpaired) electrons. The molecule has 0 heterocycles. The fraction of sp³-hybridized carbons (Fsp3) is 0.353. The lowest BCUT2D eigenvalue weighted by Crippen LogP contribution is -1.97. The smallest absolute Gasteiger partial charge is 0.0471 e. The minimum Gasteiger partial charge on any atom is -0.396 e. The average Bonchev–Trinajstić information content (AvgIpc) is 2.45. The fourth-order valence-corrected chi connectivity index (χ4v) is 2.36. The summed E-state index contributed by atoms with van der Waals surface area (Å²) in [5, 5.41) is 8.74. The molecule has 0 amide bonds. The number of allylic oxidation sites excluding steroid dienone is 2. The SMILES string of the molecule is OCCC=C=CC1=C(c2ccccc2)CCCC1. The predicted octanol–water partition coefficient (Wildman–Crippen LogP) is 4.11. The molecular weight excluding hydrogens is 220 g/mol. The minimum atomic E-state index is 0.200. The van der Waals surface area contributed by atoms with Gasteiger partial charge in [-0.25, -0.2) is 0 Å². The van der Waals surface area contributed by atoms with Gasteiger partial charge in [-0.15, -0.1) is 5.73 Å². The molecule has 0 aliphatic heterocycles. The molecular formula is C17H20O. The van der Waals surface area contributed by atoms with Crippen molar-refractivity contribution in [3.05, 3.63) is 59.4 Å². The molecule has 1 aliphatic carbocycles. The van der Waals surface area contributed by atoms with Crippen LogP contribution in [0, 0.1) is 0 Å². The Morgan fingerprint density at radius 3 is 2.67 bits per heavy atom. The molecule has 1 nitrogen and oxygen atoms in total. The summed E-state index contributed by atoms with van der Waals surface area (Å²) in [4.78, 5) is 0. The first-order chi connectivity index (χ1) is 8.92. The molecule has 1 aromatic rings. The van der Waals surface area contributed by atoms with Gasteiger partial charge in [0.1, 0.15) is 0 Å². The van der Waals surface area contributed by atoms with Gasteiger partial charge in [-0.05, 0) is 61.0 Å². The average molecular weight is 240 g/mol. The van der Waals surface area contributed by atoms with Gasteiger partial charge in [0, 0.05) is 6.61 Å². The van der Waals surface area contributed by atoms with E-state index in [9.17, 15) is 0 Å². The fourth-order valence-electron chi connectivity index (χ4n) is 2.36. The summed E-state index contributed by atoms with van der Waals surface area (Å²) >= 11 is 0. The Labute approximate surface area is 109 Å². The van der Waals surface area contributed by atoms with Crippen molar-refractivity contribution in [2.24, 2.45) is 0 Å². The van der Waals surface area contributed by atoms with Gasteiger partial charge in [0.15, 0.2) is 0 Å². The van der Waals surface area contributed by atoms with Gasteiger partial charge in [0.25, 0.3) is 0 Å². The van der Waals surface area contributed by atoms with E-state index >= 15 is 0 Å². The Morgan fingerprint density at radius 1 is 1.11 bits per heavy atom. The molecule has 0 saturated carbocycles. The van der Waals surface area contributed by atoms with Crippen LogP contribution >= 0.6 is 0 Å².